The van der Waals surface area contributed by atoms with Crippen LogP contribution >= 0.6 is 11.6 Å². The zero-order chi connectivity index (χ0) is 17.1. The van der Waals surface area contributed by atoms with Crippen molar-refractivity contribution in [1.29, 1.82) is 0 Å². The van der Waals surface area contributed by atoms with Crippen molar-refractivity contribution < 1.29 is 14.3 Å². The molecule has 0 aliphatic carbocycles. The molecule has 1 amide bonds. The monoisotopic (exact) mass is 345 g/mol. The van der Waals surface area contributed by atoms with Crippen molar-refractivity contribution in [1.82, 2.24) is 5.32 Å². The normalized spacial score (nSPS) is 16.9. The number of halogens is 1. The minimum Gasteiger partial charge on any atom is -0.496 e. The Morgan fingerprint density at radius 3 is 2.96 bits per heavy atom. The van der Waals surface area contributed by atoms with Crippen molar-refractivity contribution in [3.8, 4) is 11.5 Å². The molecule has 1 aliphatic rings. The largest absolute Gasteiger partial charge is 0.496 e. The van der Waals surface area contributed by atoms with Crippen LogP contribution in [-0.2, 0) is 17.6 Å². The van der Waals surface area contributed by atoms with Crippen molar-refractivity contribution in [2.45, 2.75) is 31.9 Å². The summed E-state index contributed by atoms with van der Waals surface area (Å²) in [4.78, 5) is 12.5. The summed E-state index contributed by atoms with van der Waals surface area (Å²) in [6.07, 6.45) is 0.739. The molecule has 1 heterocycles. The van der Waals surface area contributed by atoms with Crippen molar-refractivity contribution >= 4 is 17.5 Å². The van der Waals surface area contributed by atoms with Gasteiger partial charge in [0.25, 0.3) is 5.91 Å². The van der Waals surface area contributed by atoms with E-state index in [0.717, 1.165) is 22.6 Å². The van der Waals surface area contributed by atoms with Gasteiger partial charge in [-0.15, -0.1) is 0 Å². The zero-order valence-electron chi connectivity index (χ0n) is 13.7. The molecular weight excluding hydrogens is 326 g/mol. The molecule has 2 aromatic rings. The maximum Gasteiger partial charge on any atom is 0.261 e. The number of hydrogen-bond donors (Lipinski definition) is 1. The molecule has 0 radical (unpaired) electrons. The second-order valence-electron chi connectivity index (χ2n) is 5.99. The van der Waals surface area contributed by atoms with Gasteiger partial charge in [-0.1, -0.05) is 29.8 Å². The summed E-state index contributed by atoms with van der Waals surface area (Å²) in [6.45, 7) is 1.98. The van der Waals surface area contributed by atoms with Crippen LogP contribution in [0.5, 0.6) is 11.5 Å². The lowest BCUT2D eigenvalue weighted by molar-refractivity contribution is -0.127. The molecule has 0 bridgehead atoms. The Balaban J connectivity index is 1.59. The first-order valence-electron chi connectivity index (χ1n) is 7.94. The van der Waals surface area contributed by atoms with Gasteiger partial charge in [0.1, 0.15) is 11.5 Å². The van der Waals surface area contributed by atoms with Crippen molar-refractivity contribution in [2.75, 3.05) is 7.11 Å². The maximum atomic E-state index is 12.5. The second kappa shape index (κ2) is 7.14. The van der Waals surface area contributed by atoms with E-state index in [-0.39, 0.29) is 11.9 Å². The second-order valence-corrected chi connectivity index (χ2v) is 6.42. The highest BCUT2D eigenvalue weighted by atomic mass is 35.5. The molecule has 0 unspecified atom stereocenters. The Hall–Kier alpha value is -2.20. The smallest absolute Gasteiger partial charge is 0.261 e. The minimum atomic E-state index is -0.501. The fourth-order valence-corrected chi connectivity index (χ4v) is 3.15. The number of carbonyl (C=O) groups is 1. The van der Waals surface area contributed by atoms with Gasteiger partial charge in [0.2, 0.25) is 0 Å². The van der Waals surface area contributed by atoms with E-state index in [1.165, 1.54) is 0 Å². The van der Waals surface area contributed by atoms with Crippen LogP contribution in [0.25, 0.3) is 0 Å². The van der Waals surface area contributed by atoms with Crippen LogP contribution in [0.15, 0.2) is 42.5 Å². The topological polar surface area (TPSA) is 47.6 Å². The number of nitrogens with one attached hydrogen (secondary N) is 1. The Morgan fingerprint density at radius 2 is 2.17 bits per heavy atom. The standard InChI is InChI=1S/C19H20ClNO3/c1-12(9-13-5-3-4-6-16(13)23-2)21-19(22)18-11-14-10-15(20)7-8-17(14)24-18/h3-8,10,12,18H,9,11H2,1-2H3,(H,21,22)/t12-,18+/m0/s1. The van der Waals surface area contributed by atoms with Crippen LogP contribution in [-0.4, -0.2) is 25.2 Å². The number of benzene rings is 2. The summed E-state index contributed by atoms with van der Waals surface area (Å²) in [6, 6.07) is 13.2. The van der Waals surface area contributed by atoms with Crippen LogP contribution in [0.3, 0.4) is 0 Å². The Kier molecular flexibility index (Phi) is 4.95. The maximum absolute atomic E-state index is 12.5. The highest BCUT2D eigenvalue weighted by molar-refractivity contribution is 6.30. The number of para-hydroxylation sites is 1. The van der Waals surface area contributed by atoms with Gasteiger partial charge in [-0.3, -0.25) is 4.79 Å². The first-order valence-corrected chi connectivity index (χ1v) is 8.32. The van der Waals surface area contributed by atoms with E-state index < -0.39 is 6.10 Å². The number of fused-ring (bicyclic) bond motifs is 1. The molecule has 24 heavy (non-hydrogen) atoms. The molecule has 1 N–H and O–H groups in total. The van der Waals surface area contributed by atoms with E-state index in [2.05, 4.69) is 5.32 Å². The third kappa shape index (κ3) is 3.65. The number of ether oxygens (including phenoxy) is 2. The first kappa shape index (κ1) is 16.7. The molecular formula is C19H20ClNO3. The summed E-state index contributed by atoms with van der Waals surface area (Å²) >= 11 is 5.99. The first-order chi connectivity index (χ1) is 11.6. The van der Waals surface area contributed by atoms with Crippen LogP contribution in [0.2, 0.25) is 5.02 Å². The lowest BCUT2D eigenvalue weighted by atomic mass is 10.1. The lowest BCUT2D eigenvalue weighted by Gasteiger charge is -2.18. The summed E-state index contributed by atoms with van der Waals surface area (Å²) in [5.41, 5.74) is 2.04. The van der Waals surface area contributed by atoms with Gasteiger partial charge in [-0.05, 0) is 48.7 Å². The van der Waals surface area contributed by atoms with E-state index in [0.29, 0.717) is 17.9 Å². The third-order valence-corrected chi connectivity index (χ3v) is 4.33. The van der Waals surface area contributed by atoms with Gasteiger partial charge in [0, 0.05) is 17.5 Å². The summed E-state index contributed by atoms with van der Waals surface area (Å²) in [7, 11) is 1.65. The summed E-state index contributed by atoms with van der Waals surface area (Å²) in [5.74, 6) is 1.46. The van der Waals surface area contributed by atoms with Gasteiger partial charge in [-0.25, -0.2) is 0 Å². The molecule has 0 aromatic heterocycles. The Morgan fingerprint density at radius 1 is 1.38 bits per heavy atom. The highest BCUT2D eigenvalue weighted by Gasteiger charge is 2.29. The number of carbonyl (C=O) groups excluding carboxylic acids is 1. The van der Waals surface area contributed by atoms with Gasteiger partial charge in [-0.2, -0.15) is 0 Å². The van der Waals surface area contributed by atoms with Crippen LogP contribution < -0.4 is 14.8 Å². The van der Waals surface area contributed by atoms with Gasteiger partial charge < -0.3 is 14.8 Å². The predicted octanol–water partition coefficient (Wildman–Crippen LogP) is 3.40. The van der Waals surface area contributed by atoms with E-state index in [4.69, 9.17) is 21.1 Å². The highest BCUT2D eigenvalue weighted by Crippen LogP contribution is 2.31. The number of hydrogen-bond acceptors (Lipinski definition) is 3. The quantitative estimate of drug-likeness (QED) is 0.903. The molecule has 0 saturated carbocycles. The molecule has 2 atom stereocenters. The van der Waals surface area contributed by atoms with Crippen molar-refractivity contribution in [2.24, 2.45) is 0 Å². The fourth-order valence-electron chi connectivity index (χ4n) is 2.95. The van der Waals surface area contributed by atoms with Crippen molar-refractivity contribution in [3.63, 3.8) is 0 Å². The fraction of sp³-hybridized carbons (Fsp3) is 0.316. The minimum absolute atomic E-state index is 0.0234. The van der Waals surface area contributed by atoms with Gasteiger partial charge >= 0.3 is 0 Å². The van der Waals surface area contributed by atoms with Gasteiger partial charge in [0.15, 0.2) is 6.10 Å². The number of methoxy groups -OCH3 is 1. The molecule has 0 fully saturated rings. The Labute approximate surface area is 146 Å². The Bertz CT molecular complexity index is 747. The molecule has 0 spiro atoms. The van der Waals surface area contributed by atoms with E-state index >= 15 is 0 Å². The molecule has 1 aliphatic heterocycles. The molecule has 126 valence electrons. The number of amides is 1. The molecule has 5 heteroatoms. The van der Waals surface area contributed by atoms with Crippen LogP contribution in [0, 0.1) is 0 Å². The molecule has 3 rings (SSSR count). The zero-order valence-corrected chi connectivity index (χ0v) is 14.5. The van der Waals surface area contributed by atoms with Crippen LogP contribution in [0.4, 0.5) is 0 Å². The average Bonchev–Trinajstić information content (AvgIpc) is 2.98. The van der Waals surface area contributed by atoms with E-state index in [1.54, 1.807) is 13.2 Å². The average molecular weight is 346 g/mol. The molecule has 2 aromatic carbocycles. The molecule has 0 saturated heterocycles. The predicted molar refractivity (Wildman–Crippen MR) is 93.9 cm³/mol. The van der Waals surface area contributed by atoms with Crippen LogP contribution in [0.1, 0.15) is 18.1 Å². The molecule has 4 nitrogen and oxygen atoms in total. The summed E-state index contributed by atoms with van der Waals surface area (Å²) in [5, 5.41) is 3.67. The summed E-state index contributed by atoms with van der Waals surface area (Å²) < 4.78 is 11.1. The van der Waals surface area contributed by atoms with Gasteiger partial charge in [0.05, 0.1) is 7.11 Å². The number of rotatable bonds is 5. The lowest BCUT2D eigenvalue weighted by Crippen LogP contribution is -2.42. The third-order valence-electron chi connectivity index (χ3n) is 4.10. The van der Waals surface area contributed by atoms with E-state index in [9.17, 15) is 4.79 Å². The SMILES string of the molecule is COc1ccccc1C[C@H](C)NC(=O)[C@H]1Cc2cc(Cl)ccc2O1. The van der Waals surface area contributed by atoms with E-state index in [1.807, 2.05) is 43.3 Å². The van der Waals surface area contributed by atoms with Crippen molar-refractivity contribution in [3.05, 3.63) is 58.6 Å².